The minimum Gasteiger partial charge on any atom is -0.364 e. The van der Waals surface area contributed by atoms with Crippen LogP contribution in [-0.2, 0) is 0 Å². The molecule has 1 saturated heterocycles. The number of hydrogen-bond acceptors (Lipinski definition) is 7. The fourth-order valence-corrected chi connectivity index (χ4v) is 3.07. The summed E-state index contributed by atoms with van der Waals surface area (Å²) in [4.78, 5) is 31.8. The number of amides is 1. The summed E-state index contributed by atoms with van der Waals surface area (Å²) in [7, 11) is 1.58. The zero-order valence-electron chi connectivity index (χ0n) is 15.9. The van der Waals surface area contributed by atoms with Gasteiger partial charge in [-0.3, -0.25) is 9.78 Å². The first-order valence-corrected chi connectivity index (χ1v) is 8.78. The summed E-state index contributed by atoms with van der Waals surface area (Å²) in [5.74, 6) is 1.60. The molecule has 0 aromatic carbocycles. The number of nitrogens with zero attached hydrogens (tertiary/aromatic N) is 5. The van der Waals surface area contributed by atoms with E-state index in [-0.39, 0.29) is 17.8 Å². The van der Waals surface area contributed by atoms with Crippen molar-refractivity contribution in [3.05, 3.63) is 34.7 Å². The van der Waals surface area contributed by atoms with Crippen molar-refractivity contribution in [2.45, 2.75) is 40.2 Å². The van der Waals surface area contributed by atoms with Crippen LogP contribution in [0.5, 0.6) is 0 Å². The van der Waals surface area contributed by atoms with Gasteiger partial charge < -0.3 is 15.5 Å². The molecule has 0 spiro atoms. The summed E-state index contributed by atoms with van der Waals surface area (Å²) in [5, 5.41) is 6.08. The summed E-state index contributed by atoms with van der Waals surface area (Å²) < 4.78 is 0. The van der Waals surface area contributed by atoms with Crippen molar-refractivity contribution in [1.82, 2.24) is 25.3 Å². The Balaban J connectivity index is 1.79. The number of hydrogen-bond donors (Lipinski definition) is 2. The topological polar surface area (TPSA) is 95.9 Å². The molecule has 1 atom stereocenters. The lowest BCUT2D eigenvalue weighted by molar-refractivity contribution is 0.0952. The fourth-order valence-electron chi connectivity index (χ4n) is 3.07. The van der Waals surface area contributed by atoms with Crippen LogP contribution in [0.4, 0.5) is 11.6 Å². The summed E-state index contributed by atoms with van der Waals surface area (Å²) >= 11 is 0. The number of carbonyl (C=O) groups excluding carboxylic acids is 1. The highest BCUT2D eigenvalue weighted by Gasteiger charge is 2.27. The predicted molar refractivity (Wildman–Crippen MR) is 101 cm³/mol. The van der Waals surface area contributed by atoms with Crippen LogP contribution in [0.2, 0.25) is 0 Å². The lowest BCUT2D eigenvalue weighted by Crippen LogP contribution is -2.29. The first-order chi connectivity index (χ1) is 12.4. The highest BCUT2D eigenvalue weighted by Crippen LogP contribution is 2.25. The largest absolute Gasteiger partial charge is 0.364 e. The van der Waals surface area contributed by atoms with Gasteiger partial charge in [0.05, 0.1) is 11.4 Å². The van der Waals surface area contributed by atoms with Crippen LogP contribution in [0.25, 0.3) is 0 Å². The Bertz CT molecular complexity index is 837. The Morgan fingerprint density at radius 1 is 1.15 bits per heavy atom. The van der Waals surface area contributed by atoms with E-state index in [4.69, 9.17) is 0 Å². The molecule has 1 amide bonds. The van der Waals surface area contributed by atoms with Crippen LogP contribution in [-0.4, -0.2) is 52.0 Å². The molecule has 1 fully saturated rings. The van der Waals surface area contributed by atoms with Gasteiger partial charge in [-0.15, -0.1) is 0 Å². The van der Waals surface area contributed by atoms with Gasteiger partial charge in [-0.05, 0) is 34.1 Å². The Morgan fingerprint density at radius 3 is 2.65 bits per heavy atom. The third-order valence-corrected chi connectivity index (χ3v) is 4.70. The smallest absolute Gasteiger partial charge is 0.288 e. The van der Waals surface area contributed by atoms with E-state index < -0.39 is 0 Å². The van der Waals surface area contributed by atoms with E-state index in [2.05, 4.69) is 35.5 Å². The van der Waals surface area contributed by atoms with E-state index in [1.165, 1.54) is 0 Å². The number of carbonyl (C=O) groups is 1. The van der Waals surface area contributed by atoms with E-state index in [0.717, 1.165) is 53.8 Å². The minimum atomic E-state index is -0.270. The van der Waals surface area contributed by atoms with Crippen LogP contribution in [0.1, 0.15) is 39.7 Å². The van der Waals surface area contributed by atoms with Gasteiger partial charge >= 0.3 is 0 Å². The van der Waals surface area contributed by atoms with E-state index in [1.54, 1.807) is 13.2 Å². The molecule has 0 aliphatic carbocycles. The fraction of sp³-hybridized carbons (Fsp3) is 0.500. The average Bonchev–Trinajstić information content (AvgIpc) is 3.08. The number of rotatable bonds is 4. The van der Waals surface area contributed by atoms with E-state index >= 15 is 0 Å². The zero-order chi connectivity index (χ0) is 18.8. The average molecular weight is 355 g/mol. The van der Waals surface area contributed by atoms with Crippen molar-refractivity contribution >= 4 is 17.5 Å². The van der Waals surface area contributed by atoms with Crippen molar-refractivity contribution in [3.63, 3.8) is 0 Å². The second-order valence-electron chi connectivity index (χ2n) is 6.68. The van der Waals surface area contributed by atoms with Gasteiger partial charge in [0, 0.05) is 43.6 Å². The van der Waals surface area contributed by atoms with E-state index in [1.807, 2.05) is 27.7 Å². The highest BCUT2D eigenvalue weighted by molar-refractivity contribution is 5.90. The van der Waals surface area contributed by atoms with Gasteiger partial charge in [0.2, 0.25) is 5.82 Å². The summed E-state index contributed by atoms with van der Waals surface area (Å²) in [6.07, 6.45) is 2.74. The van der Waals surface area contributed by atoms with E-state index in [0.29, 0.717) is 0 Å². The molecule has 2 aromatic rings. The first kappa shape index (κ1) is 18.0. The normalized spacial score (nSPS) is 16.7. The monoisotopic (exact) mass is 355 g/mol. The van der Waals surface area contributed by atoms with Crippen LogP contribution >= 0.6 is 0 Å². The van der Waals surface area contributed by atoms with Crippen molar-refractivity contribution < 1.29 is 4.79 Å². The third-order valence-electron chi connectivity index (χ3n) is 4.70. The molecule has 3 heterocycles. The van der Waals surface area contributed by atoms with Gasteiger partial charge in [-0.2, -0.15) is 0 Å². The molecule has 8 heteroatoms. The van der Waals surface area contributed by atoms with Crippen molar-refractivity contribution in [1.29, 1.82) is 0 Å². The summed E-state index contributed by atoms with van der Waals surface area (Å²) in [5.41, 5.74) is 3.62. The van der Waals surface area contributed by atoms with Crippen LogP contribution < -0.4 is 15.5 Å². The van der Waals surface area contributed by atoms with Crippen molar-refractivity contribution in [3.8, 4) is 0 Å². The molecule has 26 heavy (non-hydrogen) atoms. The van der Waals surface area contributed by atoms with Gasteiger partial charge in [0.15, 0.2) is 0 Å². The maximum Gasteiger partial charge on any atom is 0.288 e. The lowest BCUT2D eigenvalue weighted by atomic mass is 10.2. The number of nitrogens with one attached hydrogen (secondary N) is 2. The molecule has 2 aromatic heterocycles. The second kappa shape index (κ2) is 7.23. The molecule has 0 radical (unpaired) electrons. The van der Waals surface area contributed by atoms with Crippen LogP contribution in [0.3, 0.4) is 0 Å². The molecule has 1 aliphatic heterocycles. The molecule has 3 rings (SSSR count). The van der Waals surface area contributed by atoms with Crippen LogP contribution in [0, 0.1) is 27.7 Å². The van der Waals surface area contributed by atoms with Gasteiger partial charge in [0.1, 0.15) is 11.6 Å². The third kappa shape index (κ3) is 3.58. The molecule has 0 bridgehead atoms. The Morgan fingerprint density at radius 2 is 1.92 bits per heavy atom. The van der Waals surface area contributed by atoms with Crippen molar-refractivity contribution in [2.75, 3.05) is 30.4 Å². The number of aromatic nitrogens is 4. The Labute approximate surface area is 153 Å². The molecule has 2 N–H and O–H groups in total. The van der Waals surface area contributed by atoms with Crippen LogP contribution in [0.15, 0.2) is 6.20 Å². The zero-order valence-corrected chi connectivity index (χ0v) is 15.9. The molecule has 0 unspecified atom stereocenters. The number of anilines is 2. The molecule has 1 aliphatic rings. The molecular weight excluding hydrogens is 330 g/mol. The van der Waals surface area contributed by atoms with Crippen molar-refractivity contribution in [2.24, 2.45) is 0 Å². The van der Waals surface area contributed by atoms with Gasteiger partial charge in [-0.25, -0.2) is 15.0 Å². The summed E-state index contributed by atoms with van der Waals surface area (Å²) in [6, 6.07) is 0.253. The highest BCUT2D eigenvalue weighted by atomic mass is 16.2. The summed E-state index contributed by atoms with van der Waals surface area (Å²) in [6.45, 7) is 9.45. The number of aryl methyl sites for hydroxylation is 3. The van der Waals surface area contributed by atoms with Gasteiger partial charge in [0.25, 0.3) is 5.91 Å². The van der Waals surface area contributed by atoms with Gasteiger partial charge in [-0.1, -0.05) is 0 Å². The maximum absolute atomic E-state index is 11.9. The minimum absolute atomic E-state index is 0.211. The molecular formula is C18H25N7O. The lowest BCUT2D eigenvalue weighted by Gasteiger charge is -2.21. The SMILES string of the molecule is CNC(=O)c1nc(C)c(C)c(N2CC[C@@H](Nc3nc(C)cnc3C)C2)n1. The second-order valence-corrected chi connectivity index (χ2v) is 6.68. The predicted octanol–water partition coefficient (Wildman–Crippen LogP) is 1.55. The van der Waals surface area contributed by atoms with E-state index in [9.17, 15) is 4.79 Å². The first-order valence-electron chi connectivity index (χ1n) is 8.78. The molecule has 0 saturated carbocycles. The maximum atomic E-state index is 11.9. The molecule has 138 valence electrons. The standard InChI is InChI=1S/C18H25N7O/c1-10-8-20-13(4)15(21-10)23-14-6-7-25(9-14)17-11(2)12(3)22-16(24-17)18(26)19-5/h8,14H,6-7,9H2,1-5H3,(H,19,26)(H,21,23)/t14-/m1/s1. The quantitative estimate of drug-likeness (QED) is 0.859. The Hall–Kier alpha value is -2.77. The Kier molecular flexibility index (Phi) is 5.01. The molecule has 8 nitrogen and oxygen atoms in total.